The van der Waals surface area contributed by atoms with E-state index < -0.39 is 51.7 Å². The number of carbonyl (C=O) groups is 1. The summed E-state index contributed by atoms with van der Waals surface area (Å²) in [5, 5.41) is 11.4. The molecule has 2 heterocycles. The third-order valence-corrected chi connectivity index (χ3v) is 7.79. The number of ether oxygens (including phenoxy) is 2. The number of piperazine rings is 1. The molecule has 0 aliphatic carbocycles. The van der Waals surface area contributed by atoms with Crippen molar-refractivity contribution in [2.75, 3.05) is 47.0 Å². The third-order valence-electron chi connectivity index (χ3n) is 5.68. The molecule has 1 amide bonds. The summed E-state index contributed by atoms with van der Waals surface area (Å²) in [6.07, 6.45) is -7.65. The first kappa shape index (κ1) is 29.9. The lowest BCUT2D eigenvalue weighted by Crippen LogP contribution is -2.66. The van der Waals surface area contributed by atoms with E-state index in [-0.39, 0.29) is 41.8 Å². The van der Waals surface area contributed by atoms with Gasteiger partial charge in [0.2, 0.25) is 12.1 Å². The van der Waals surface area contributed by atoms with Gasteiger partial charge in [-0.05, 0) is 11.6 Å². The number of halogens is 4. The van der Waals surface area contributed by atoms with Crippen molar-refractivity contribution in [2.45, 2.75) is 18.9 Å². The minimum Gasteiger partial charge on any atom is -0.529 e. The van der Waals surface area contributed by atoms with Gasteiger partial charge >= 0.3 is 16.4 Å². The van der Waals surface area contributed by atoms with E-state index in [4.69, 9.17) is 25.9 Å². The van der Waals surface area contributed by atoms with Gasteiger partial charge in [-0.1, -0.05) is 41.9 Å². The largest absolute Gasteiger partial charge is 0.529 e. The maximum atomic E-state index is 13.6. The zero-order valence-electron chi connectivity index (χ0n) is 20.4. The quantitative estimate of drug-likeness (QED) is 0.308. The number of nitrogens with zero attached hydrogens (tertiary/aromatic N) is 4. The van der Waals surface area contributed by atoms with E-state index >= 15 is 0 Å². The van der Waals surface area contributed by atoms with Gasteiger partial charge in [-0.3, -0.25) is 0 Å². The smallest absolute Gasteiger partial charge is 0.417 e. The van der Waals surface area contributed by atoms with Crippen molar-refractivity contribution < 1.29 is 50.4 Å². The second-order valence-corrected chi connectivity index (χ2v) is 10.7. The molecule has 210 valence electrons. The van der Waals surface area contributed by atoms with Crippen molar-refractivity contribution in [3.8, 4) is 5.88 Å². The molecular weight excluding hydrogens is 557 g/mol. The van der Waals surface area contributed by atoms with Crippen molar-refractivity contribution in [1.82, 2.24) is 13.6 Å². The number of rotatable bonds is 10. The Hall–Kier alpha value is -2.69. The topological polar surface area (TPSA) is 121 Å². The lowest BCUT2D eigenvalue weighted by atomic mass is 10.2. The molecule has 38 heavy (non-hydrogen) atoms. The fourth-order valence-electron chi connectivity index (χ4n) is 3.70. The molecule has 0 bridgehead atoms. The first-order valence-corrected chi connectivity index (χ1v) is 13.0. The van der Waals surface area contributed by atoms with Crippen LogP contribution >= 0.6 is 11.6 Å². The van der Waals surface area contributed by atoms with Crippen molar-refractivity contribution in [1.29, 1.82) is 0 Å². The van der Waals surface area contributed by atoms with Crippen LogP contribution in [0, 0.1) is 0 Å². The van der Waals surface area contributed by atoms with Crippen LogP contribution in [0.3, 0.4) is 0 Å². The van der Waals surface area contributed by atoms with E-state index in [1.54, 1.807) is 37.4 Å². The average molecular weight is 583 g/mol. The van der Waals surface area contributed by atoms with Crippen LogP contribution in [0.2, 0.25) is 5.02 Å². The normalized spacial score (nSPS) is 20.7. The zero-order chi connectivity index (χ0) is 28.1. The Bertz CT molecular complexity index is 1220. The number of benzene rings is 1. The summed E-state index contributed by atoms with van der Waals surface area (Å²) in [6.45, 7) is -0.524. The number of carboxylic acid groups (broad SMARTS) is 1. The molecule has 1 aromatic heterocycles. The van der Waals surface area contributed by atoms with Crippen LogP contribution < -0.4 is 9.84 Å². The van der Waals surface area contributed by atoms with Gasteiger partial charge < -0.3 is 19.4 Å². The number of quaternary nitrogens is 1. The van der Waals surface area contributed by atoms with E-state index in [2.05, 4.69) is 4.98 Å². The summed E-state index contributed by atoms with van der Waals surface area (Å²) >= 11 is 5.99. The summed E-state index contributed by atoms with van der Waals surface area (Å²) in [5.74, 6) is -0.474. The number of carbonyl (C=O) groups excluding carboxylic acids is 1. The molecular formula is C22H26ClF3N4O7S. The number of hydrogen-bond acceptors (Lipinski definition) is 8. The first-order chi connectivity index (χ1) is 17.8. The predicted molar refractivity (Wildman–Crippen MR) is 125 cm³/mol. The lowest BCUT2D eigenvalue weighted by Gasteiger charge is -2.44. The molecule has 1 fully saturated rings. The Balaban J connectivity index is 1.95. The Morgan fingerprint density at radius 2 is 1.97 bits per heavy atom. The van der Waals surface area contributed by atoms with E-state index in [1.807, 2.05) is 0 Å². The SMILES string of the molecule is COCCO[N+]1(C)CCN(S(=O)(=O)N(Cc2ccccc2)C(=O)[O-])C(Oc2ncc(C(F)(F)F)cc2Cl)C1. The van der Waals surface area contributed by atoms with Crippen LogP contribution in [-0.4, -0.2) is 86.0 Å². The molecule has 0 spiro atoms. The standard InChI is InChI=1S/C22H26ClF3N4O7S/c1-30(36-11-10-35-2)9-8-28(38(33,34)29(21(31)32)14-16-6-4-3-5-7-16)19(15-30)37-20-18(23)12-17(13-27-20)22(24,25)26/h3-7,12-13,19H,8-11,14-15H2,1-2H3. The van der Waals surface area contributed by atoms with Crippen molar-refractivity contribution >= 4 is 27.9 Å². The van der Waals surface area contributed by atoms with Crippen LogP contribution in [-0.2, 0) is 32.5 Å². The first-order valence-electron chi connectivity index (χ1n) is 11.2. The number of likely N-dealkylation sites (N-methyl/N-ethyl adjacent to an activating group) is 1. The van der Waals surface area contributed by atoms with Gasteiger partial charge in [0.05, 0.1) is 32.3 Å². The number of pyridine rings is 1. The molecule has 3 rings (SSSR count). The van der Waals surface area contributed by atoms with Crippen molar-refractivity contribution in [3.63, 3.8) is 0 Å². The van der Waals surface area contributed by atoms with Gasteiger partial charge in [0.15, 0.2) is 12.6 Å². The molecule has 1 aliphatic heterocycles. The number of amides is 1. The van der Waals surface area contributed by atoms with Gasteiger partial charge in [-0.15, -0.1) is 4.31 Å². The highest BCUT2D eigenvalue weighted by atomic mass is 35.5. The van der Waals surface area contributed by atoms with E-state index in [1.165, 1.54) is 7.11 Å². The highest BCUT2D eigenvalue weighted by Crippen LogP contribution is 2.34. The van der Waals surface area contributed by atoms with Gasteiger partial charge in [0, 0.05) is 13.3 Å². The zero-order valence-corrected chi connectivity index (χ0v) is 22.0. The molecule has 1 aromatic carbocycles. The maximum absolute atomic E-state index is 13.6. The molecule has 2 unspecified atom stereocenters. The number of alkyl halides is 3. The number of hydroxylamine groups is 3. The summed E-state index contributed by atoms with van der Waals surface area (Å²) in [6, 6.07) is 8.58. The van der Waals surface area contributed by atoms with Crippen LogP contribution in [0.15, 0.2) is 42.6 Å². The molecule has 0 saturated carbocycles. The molecule has 1 aliphatic rings. The molecule has 16 heteroatoms. The second kappa shape index (κ2) is 12.0. The van der Waals surface area contributed by atoms with E-state index in [0.717, 1.165) is 4.31 Å². The third kappa shape index (κ3) is 7.24. The van der Waals surface area contributed by atoms with Crippen LogP contribution in [0.25, 0.3) is 0 Å². The average Bonchev–Trinajstić information content (AvgIpc) is 2.83. The number of methoxy groups -OCH3 is 1. The van der Waals surface area contributed by atoms with Crippen LogP contribution in [0.5, 0.6) is 5.88 Å². The van der Waals surface area contributed by atoms with Crippen molar-refractivity contribution in [3.05, 3.63) is 58.7 Å². The maximum Gasteiger partial charge on any atom is 0.417 e. The van der Waals surface area contributed by atoms with Crippen molar-refractivity contribution in [2.24, 2.45) is 0 Å². The molecule has 1 saturated heterocycles. The Morgan fingerprint density at radius 1 is 1.29 bits per heavy atom. The summed E-state index contributed by atoms with van der Waals surface area (Å²) in [5.41, 5.74) is -0.747. The molecule has 2 atom stereocenters. The van der Waals surface area contributed by atoms with Gasteiger partial charge in [0.1, 0.15) is 18.2 Å². The molecule has 11 nitrogen and oxygen atoms in total. The van der Waals surface area contributed by atoms with Crippen LogP contribution in [0.4, 0.5) is 18.0 Å². The Morgan fingerprint density at radius 3 is 2.55 bits per heavy atom. The fourth-order valence-corrected chi connectivity index (χ4v) is 5.38. The highest BCUT2D eigenvalue weighted by Gasteiger charge is 2.47. The lowest BCUT2D eigenvalue weighted by molar-refractivity contribution is -1.10. The monoisotopic (exact) mass is 582 g/mol. The molecule has 2 aromatic rings. The molecule has 0 radical (unpaired) electrons. The molecule has 0 N–H and O–H groups in total. The van der Waals surface area contributed by atoms with Crippen LogP contribution in [0.1, 0.15) is 11.1 Å². The van der Waals surface area contributed by atoms with Gasteiger partial charge in [0.25, 0.3) is 0 Å². The number of aromatic nitrogens is 1. The Kier molecular flexibility index (Phi) is 9.43. The highest BCUT2D eigenvalue weighted by molar-refractivity contribution is 7.87. The van der Waals surface area contributed by atoms with E-state index in [9.17, 15) is 31.5 Å². The second-order valence-electron chi connectivity index (χ2n) is 8.49. The fraction of sp³-hybridized carbons (Fsp3) is 0.455. The summed E-state index contributed by atoms with van der Waals surface area (Å²) < 4.78 is 77.7. The summed E-state index contributed by atoms with van der Waals surface area (Å²) in [4.78, 5) is 21.4. The van der Waals surface area contributed by atoms with Gasteiger partial charge in [-0.2, -0.15) is 26.2 Å². The minimum atomic E-state index is -4.77. The predicted octanol–water partition coefficient (Wildman–Crippen LogP) is 1.89. The van der Waals surface area contributed by atoms with Gasteiger partial charge in [-0.25, -0.2) is 14.1 Å². The summed E-state index contributed by atoms with van der Waals surface area (Å²) in [7, 11) is -1.66. The Labute approximate surface area is 222 Å². The number of hydrogen-bond donors (Lipinski definition) is 0. The minimum absolute atomic E-state index is 0.0865. The van der Waals surface area contributed by atoms with E-state index in [0.29, 0.717) is 17.8 Å².